The van der Waals surface area contributed by atoms with E-state index in [1.54, 1.807) is 20.2 Å². The van der Waals surface area contributed by atoms with E-state index in [4.69, 9.17) is 10.5 Å². The second-order valence-corrected chi connectivity index (χ2v) is 3.93. The molecule has 0 bridgehead atoms. The predicted molar refractivity (Wildman–Crippen MR) is 61.7 cm³/mol. The number of likely N-dealkylation sites (N-methyl/N-ethyl adjacent to an activating group) is 1. The average molecular weight is 273 g/mol. The molecule has 1 rings (SSSR count). The number of amides is 1. The van der Waals surface area contributed by atoms with E-state index in [0.29, 0.717) is 5.75 Å². The van der Waals surface area contributed by atoms with Gasteiger partial charge in [0, 0.05) is 10.0 Å². The summed E-state index contributed by atoms with van der Waals surface area (Å²) >= 11 is 3.34. The summed E-state index contributed by atoms with van der Waals surface area (Å²) in [5, 5.41) is 2.84. The van der Waals surface area contributed by atoms with Crippen LogP contribution >= 0.6 is 15.9 Å². The van der Waals surface area contributed by atoms with Gasteiger partial charge in [0.25, 0.3) is 0 Å². The summed E-state index contributed by atoms with van der Waals surface area (Å²) in [6.45, 7) is 0. The molecule has 0 unspecified atom stereocenters. The quantitative estimate of drug-likeness (QED) is 0.866. The molecule has 0 aliphatic heterocycles. The van der Waals surface area contributed by atoms with E-state index in [1.165, 1.54) is 0 Å². The molecule has 0 saturated heterocycles. The van der Waals surface area contributed by atoms with E-state index in [9.17, 15) is 4.79 Å². The zero-order valence-corrected chi connectivity index (χ0v) is 10.2. The van der Waals surface area contributed by atoms with Crippen molar-refractivity contribution in [1.82, 2.24) is 5.32 Å². The maximum atomic E-state index is 11.2. The molecule has 0 aliphatic carbocycles. The van der Waals surface area contributed by atoms with Gasteiger partial charge in [0.15, 0.2) is 0 Å². The predicted octanol–water partition coefficient (Wildman–Crippen LogP) is 1.20. The molecular formula is C10H13BrN2O2. The highest BCUT2D eigenvalue weighted by molar-refractivity contribution is 9.10. The SMILES string of the molecule is CN[C@H](C(N)=O)c1cc(Br)ccc1OC. The molecule has 82 valence electrons. The Morgan fingerprint density at radius 2 is 2.27 bits per heavy atom. The molecule has 0 aromatic heterocycles. The number of hydrogen-bond acceptors (Lipinski definition) is 3. The largest absolute Gasteiger partial charge is 0.496 e. The Morgan fingerprint density at radius 3 is 2.73 bits per heavy atom. The van der Waals surface area contributed by atoms with Crippen molar-refractivity contribution >= 4 is 21.8 Å². The van der Waals surface area contributed by atoms with Gasteiger partial charge in [-0.2, -0.15) is 0 Å². The van der Waals surface area contributed by atoms with Crippen LogP contribution in [0.4, 0.5) is 0 Å². The van der Waals surface area contributed by atoms with Crippen molar-refractivity contribution in [1.29, 1.82) is 0 Å². The first kappa shape index (κ1) is 12.0. The summed E-state index contributed by atoms with van der Waals surface area (Å²) in [6, 6.07) is 4.89. The number of rotatable bonds is 4. The molecule has 1 aromatic rings. The van der Waals surface area contributed by atoms with Crippen LogP contribution in [0.15, 0.2) is 22.7 Å². The third-order valence-electron chi connectivity index (χ3n) is 2.08. The fourth-order valence-electron chi connectivity index (χ4n) is 1.38. The first-order valence-corrected chi connectivity index (χ1v) is 5.19. The second-order valence-electron chi connectivity index (χ2n) is 3.01. The normalized spacial score (nSPS) is 12.2. The van der Waals surface area contributed by atoms with Crippen molar-refractivity contribution in [2.45, 2.75) is 6.04 Å². The molecule has 1 amide bonds. The van der Waals surface area contributed by atoms with Gasteiger partial charge in [0.1, 0.15) is 11.8 Å². The maximum absolute atomic E-state index is 11.2. The summed E-state index contributed by atoms with van der Waals surface area (Å²) in [4.78, 5) is 11.2. The van der Waals surface area contributed by atoms with Crippen LogP contribution in [0.25, 0.3) is 0 Å². The van der Waals surface area contributed by atoms with Crippen LogP contribution in [0, 0.1) is 0 Å². The Labute approximate surface area is 96.9 Å². The molecular weight excluding hydrogens is 260 g/mol. The summed E-state index contributed by atoms with van der Waals surface area (Å²) in [5.74, 6) is 0.199. The molecule has 0 fully saturated rings. The van der Waals surface area contributed by atoms with Gasteiger partial charge in [-0.05, 0) is 25.2 Å². The number of carbonyl (C=O) groups is 1. The number of ether oxygens (including phenoxy) is 1. The molecule has 0 saturated carbocycles. The fraction of sp³-hybridized carbons (Fsp3) is 0.300. The van der Waals surface area contributed by atoms with Crippen LogP contribution in [0.1, 0.15) is 11.6 Å². The number of nitrogens with two attached hydrogens (primary N) is 1. The minimum absolute atomic E-state index is 0.436. The van der Waals surface area contributed by atoms with Crippen molar-refractivity contribution in [3.63, 3.8) is 0 Å². The van der Waals surface area contributed by atoms with Gasteiger partial charge in [-0.15, -0.1) is 0 Å². The minimum Gasteiger partial charge on any atom is -0.496 e. The van der Waals surface area contributed by atoms with Crippen molar-refractivity contribution in [2.75, 3.05) is 14.2 Å². The highest BCUT2D eigenvalue weighted by Gasteiger charge is 2.19. The van der Waals surface area contributed by atoms with Gasteiger partial charge >= 0.3 is 0 Å². The van der Waals surface area contributed by atoms with E-state index in [2.05, 4.69) is 21.2 Å². The van der Waals surface area contributed by atoms with E-state index in [0.717, 1.165) is 10.0 Å². The van der Waals surface area contributed by atoms with Crippen LogP contribution in [-0.4, -0.2) is 20.1 Å². The fourth-order valence-corrected chi connectivity index (χ4v) is 1.76. The van der Waals surface area contributed by atoms with Crippen LogP contribution < -0.4 is 15.8 Å². The van der Waals surface area contributed by atoms with E-state index >= 15 is 0 Å². The molecule has 5 heteroatoms. The Bertz CT molecular complexity index is 368. The van der Waals surface area contributed by atoms with Crippen LogP contribution in [-0.2, 0) is 4.79 Å². The molecule has 0 radical (unpaired) electrons. The van der Waals surface area contributed by atoms with Crippen molar-refractivity contribution < 1.29 is 9.53 Å². The molecule has 0 spiro atoms. The highest BCUT2D eigenvalue weighted by Crippen LogP contribution is 2.28. The summed E-state index contributed by atoms with van der Waals surface area (Å²) in [5.41, 5.74) is 6.00. The number of nitrogens with one attached hydrogen (secondary N) is 1. The number of benzene rings is 1. The Balaban J connectivity index is 3.19. The van der Waals surface area contributed by atoms with Gasteiger partial charge in [0.2, 0.25) is 5.91 Å². The third-order valence-corrected chi connectivity index (χ3v) is 2.57. The van der Waals surface area contributed by atoms with Crippen LogP contribution in [0.3, 0.4) is 0 Å². The zero-order valence-electron chi connectivity index (χ0n) is 8.58. The first-order chi connectivity index (χ1) is 7.10. The number of primary amides is 1. The Morgan fingerprint density at radius 1 is 1.60 bits per heavy atom. The van der Waals surface area contributed by atoms with E-state index in [1.807, 2.05) is 12.1 Å². The topological polar surface area (TPSA) is 64.3 Å². The molecule has 3 N–H and O–H groups in total. The summed E-state index contributed by atoms with van der Waals surface area (Å²) < 4.78 is 6.04. The smallest absolute Gasteiger partial charge is 0.239 e. The summed E-state index contributed by atoms with van der Waals surface area (Å²) in [6.07, 6.45) is 0. The highest BCUT2D eigenvalue weighted by atomic mass is 79.9. The Kier molecular flexibility index (Phi) is 4.11. The molecule has 0 heterocycles. The Hall–Kier alpha value is -1.07. The maximum Gasteiger partial charge on any atom is 0.239 e. The third kappa shape index (κ3) is 2.70. The molecule has 0 aliphatic rings. The number of methoxy groups -OCH3 is 1. The van der Waals surface area contributed by atoms with Gasteiger partial charge in [0.05, 0.1) is 7.11 Å². The average Bonchev–Trinajstić information content (AvgIpc) is 2.18. The van der Waals surface area contributed by atoms with Crippen LogP contribution in [0.2, 0.25) is 0 Å². The summed E-state index contributed by atoms with van der Waals surface area (Å²) in [7, 11) is 3.23. The minimum atomic E-state index is -0.544. The molecule has 1 atom stereocenters. The van der Waals surface area contributed by atoms with Crippen molar-refractivity contribution in [3.8, 4) is 5.75 Å². The van der Waals surface area contributed by atoms with E-state index < -0.39 is 11.9 Å². The van der Waals surface area contributed by atoms with Crippen LogP contribution in [0.5, 0.6) is 5.75 Å². The van der Waals surface area contributed by atoms with E-state index in [-0.39, 0.29) is 0 Å². The van der Waals surface area contributed by atoms with Gasteiger partial charge < -0.3 is 15.8 Å². The lowest BCUT2D eigenvalue weighted by atomic mass is 10.1. The second kappa shape index (κ2) is 5.14. The number of halogens is 1. The first-order valence-electron chi connectivity index (χ1n) is 4.40. The monoisotopic (exact) mass is 272 g/mol. The zero-order chi connectivity index (χ0) is 11.4. The molecule has 1 aromatic carbocycles. The lowest BCUT2D eigenvalue weighted by Gasteiger charge is -2.16. The number of carbonyl (C=O) groups excluding carboxylic acids is 1. The van der Waals surface area contributed by atoms with Crippen molar-refractivity contribution in [2.24, 2.45) is 5.73 Å². The molecule has 4 nitrogen and oxygen atoms in total. The standard InChI is InChI=1S/C10H13BrN2O2/c1-13-9(10(12)14)7-5-6(11)3-4-8(7)15-2/h3-5,9,13H,1-2H3,(H2,12,14)/t9-/m0/s1. The van der Waals surface area contributed by atoms with Gasteiger partial charge in [-0.25, -0.2) is 0 Å². The van der Waals surface area contributed by atoms with Gasteiger partial charge in [-0.3, -0.25) is 4.79 Å². The molecule has 15 heavy (non-hydrogen) atoms. The number of hydrogen-bond donors (Lipinski definition) is 2. The van der Waals surface area contributed by atoms with Gasteiger partial charge in [-0.1, -0.05) is 15.9 Å². The lowest BCUT2D eigenvalue weighted by Crippen LogP contribution is -2.31. The lowest BCUT2D eigenvalue weighted by molar-refractivity contribution is -0.120. The van der Waals surface area contributed by atoms with Crippen molar-refractivity contribution in [3.05, 3.63) is 28.2 Å².